The number of amides is 3. The van der Waals surface area contributed by atoms with Gasteiger partial charge in [-0.15, -0.1) is 0 Å². The van der Waals surface area contributed by atoms with E-state index >= 15 is 0 Å². The fourth-order valence-corrected chi connectivity index (χ4v) is 4.21. The zero-order valence-corrected chi connectivity index (χ0v) is 16.5. The van der Waals surface area contributed by atoms with E-state index in [2.05, 4.69) is 0 Å². The van der Waals surface area contributed by atoms with E-state index in [4.69, 9.17) is 4.74 Å². The third kappa shape index (κ3) is 3.62. The summed E-state index contributed by atoms with van der Waals surface area (Å²) in [7, 11) is 1.63. The summed E-state index contributed by atoms with van der Waals surface area (Å²) >= 11 is 0. The average molecular weight is 392 g/mol. The molecule has 0 spiro atoms. The van der Waals surface area contributed by atoms with Crippen molar-refractivity contribution in [3.8, 4) is 5.75 Å². The van der Waals surface area contributed by atoms with Crippen molar-refractivity contribution in [2.75, 3.05) is 20.2 Å². The second-order valence-electron chi connectivity index (χ2n) is 7.43. The van der Waals surface area contributed by atoms with Gasteiger partial charge in [-0.1, -0.05) is 24.3 Å². The van der Waals surface area contributed by atoms with Gasteiger partial charge in [-0.3, -0.25) is 19.3 Å². The van der Waals surface area contributed by atoms with E-state index in [0.29, 0.717) is 24.0 Å². The minimum atomic E-state index is -0.268. The predicted molar refractivity (Wildman–Crippen MR) is 108 cm³/mol. The molecule has 2 heterocycles. The molecule has 29 heavy (non-hydrogen) atoms. The third-order valence-corrected chi connectivity index (χ3v) is 5.72. The summed E-state index contributed by atoms with van der Waals surface area (Å²) < 4.78 is 5.21. The van der Waals surface area contributed by atoms with Gasteiger partial charge in [-0.05, 0) is 49.1 Å². The summed E-state index contributed by atoms with van der Waals surface area (Å²) in [6, 6.07) is 14.8. The number of hydrogen-bond donors (Lipinski definition) is 0. The topological polar surface area (TPSA) is 66.9 Å². The number of ether oxygens (including phenoxy) is 1. The summed E-state index contributed by atoms with van der Waals surface area (Å²) in [4.78, 5) is 40.8. The van der Waals surface area contributed by atoms with Crippen LogP contribution in [0.2, 0.25) is 0 Å². The summed E-state index contributed by atoms with van der Waals surface area (Å²) in [5.41, 5.74) is 2.00. The highest BCUT2D eigenvalue weighted by Gasteiger charge is 2.35. The second kappa shape index (κ2) is 8.07. The molecule has 2 aromatic rings. The third-order valence-electron chi connectivity index (χ3n) is 5.72. The van der Waals surface area contributed by atoms with Crippen LogP contribution in [0.1, 0.15) is 58.0 Å². The highest BCUT2D eigenvalue weighted by Crippen LogP contribution is 2.33. The molecule has 3 amide bonds. The maximum absolute atomic E-state index is 12.8. The molecule has 1 saturated heterocycles. The first kappa shape index (κ1) is 19.2. The van der Waals surface area contributed by atoms with Crippen LogP contribution in [-0.2, 0) is 4.79 Å². The zero-order chi connectivity index (χ0) is 20.4. The van der Waals surface area contributed by atoms with Crippen LogP contribution >= 0.6 is 0 Å². The molecule has 4 rings (SSSR count). The van der Waals surface area contributed by atoms with Gasteiger partial charge in [0.25, 0.3) is 11.8 Å². The molecule has 2 aliphatic heterocycles. The van der Waals surface area contributed by atoms with Crippen molar-refractivity contribution in [1.82, 2.24) is 9.80 Å². The smallest absolute Gasteiger partial charge is 0.261 e. The Balaban J connectivity index is 1.35. The molecule has 6 heteroatoms. The Labute approximate surface area is 170 Å². The first-order valence-electron chi connectivity index (χ1n) is 9.99. The van der Waals surface area contributed by atoms with Crippen LogP contribution in [0.15, 0.2) is 48.5 Å². The highest BCUT2D eigenvalue weighted by atomic mass is 16.5. The van der Waals surface area contributed by atoms with E-state index in [9.17, 15) is 14.4 Å². The van der Waals surface area contributed by atoms with E-state index in [0.717, 1.165) is 30.7 Å². The molecule has 2 aromatic carbocycles. The number of imide groups is 1. The summed E-state index contributed by atoms with van der Waals surface area (Å²) in [5.74, 6) is 0.330. The van der Waals surface area contributed by atoms with Crippen molar-refractivity contribution in [3.63, 3.8) is 0 Å². The Hall–Kier alpha value is -3.15. The van der Waals surface area contributed by atoms with Crippen molar-refractivity contribution in [2.45, 2.75) is 31.7 Å². The van der Waals surface area contributed by atoms with Crippen LogP contribution < -0.4 is 4.74 Å². The highest BCUT2D eigenvalue weighted by molar-refractivity contribution is 6.21. The number of rotatable bonds is 6. The van der Waals surface area contributed by atoms with Crippen LogP contribution in [0, 0.1) is 0 Å². The number of carbonyl (C=O) groups excluding carboxylic acids is 3. The normalized spacial score (nSPS) is 18.3. The quantitative estimate of drug-likeness (QED) is 0.707. The number of fused-ring (bicyclic) bond motifs is 1. The Bertz CT molecular complexity index is 903. The predicted octanol–water partition coefficient (Wildman–Crippen LogP) is 3.44. The van der Waals surface area contributed by atoms with Gasteiger partial charge < -0.3 is 9.64 Å². The molecule has 0 unspecified atom stereocenters. The lowest BCUT2D eigenvalue weighted by atomic mass is 10.0. The van der Waals surface area contributed by atoms with Gasteiger partial charge in [0.1, 0.15) is 5.75 Å². The number of methoxy groups -OCH3 is 1. The van der Waals surface area contributed by atoms with E-state index in [1.54, 1.807) is 31.4 Å². The standard InChI is InChI=1S/C23H24N2O4/c1-29-17-12-10-16(11-13-17)20-8-4-14-24(20)21(26)9-5-15-25-22(27)18-6-2-3-7-19(18)23(25)28/h2-3,6-7,10-13,20H,4-5,8-9,14-15H2,1H3/t20-/m0/s1. The zero-order valence-electron chi connectivity index (χ0n) is 16.5. The Morgan fingerprint density at radius 2 is 1.69 bits per heavy atom. The maximum atomic E-state index is 12.8. The van der Waals surface area contributed by atoms with Crippen molar-refractivity contribution in [3.05, 3.63) is 65.2 Å². The number of likely N-dealkylation sites (tertiary alicyclic amines) is 1. The fraction of sp³-hybridized carbons (Fsp3) is 0.348. The average Bonchev–Trinajstić information content (AvgIpc) is 3.33. The van der Waals surface area contributed by atoms with Gasteiger partial charge in [0.05, 0.1) is 24.3 Å². The van der Waals surface area contributed by atoms with Crippen LogP contribution in [-0.4, -0.2) is 47.7 Å². The molecular formula is C23H24N2O4. The largest absolute Gasteiger partial charge is 0.497 e. The Kier molecular flexibility index (Phi) is 5.34. The van der Waals surface area contributed by atoms with Gasteiger partial charge in [0.2, 0.25) is 5.91 Å². The van der Waals surface area contributed by atoms with Crippen molar-refractivity contribution in [1.29, 1.82) is 0 Å². The van der Waals surface area contributed by atoms with Crippen molar-refractivity contribution in [2.24, 2.45) is 0 Å². The Morgan fingerprint density at radius 3 is 2.31 bits per heavy atom. The van der Waals surface area contributed by atoms with Crippen LogP contribution in [0.3, 0.4) is 0 Å². The molecule has 0 aliphatic carbocycles. The minimum absolute atomic E-state index is 0.0694. The molecule has 1 atom stereocenters. The first-order valence-corrected chi connectivity index (χ1v) is 9.99. The number of benzene rings is 2. The van der Waals surface area contributed by atoms with Gasteiger partial charge in [-0.2, -0.15) is 0 Å². The van der Waals surface area contributed by atoms with Crippen molar-refractivity contribution >= 4 is 17.7 Å². The lowest BCUT2D eigenvalue weighted by molar-refractivity contribution is -0.132. The molecule has 0 N–H and O–H groups in total. The fourth-order valence-electron chi connectivity index (χ4n) is 4.21. The summed E-state index contributed by atoms with van der Waals surface area (Å²) in [6.07, 6.45) is 2.70. The van der Waals surface area contributed by atoms with Gasteiger partial charge in [0.15, 0.2) is 0 Å². The first-order chi connectivity index (χ1) is 14.1. The van der Waals surface area contributed by atoms with Crippen LogP contribution in [0.5, 0.6) is 5.75 Å². The van der Waals surface area contributed by atoms with E-state index in [1.165, 1.54) is 4.90 Å². The molecule has 0 saturated carbocycles. The molecular weight excluding hydrogens is 368 g/mol. The van der Waals surface area contributed by atoms with Crippen molar-refractivity contribution < 1.29 is 19.1 Å². The summed E-state index contributed by atoms with van der Waals surface area (Å²) in [6.45, 7) is 1.00. The van der Waals surface area contributed by atoms with E-state index < -0.39 is 0 Å². The molecule has 0 radical (unpaired) electrons. The maximum Gasteiger partial charge on any atom is 0.261 e. The molecule has 0 bridgehead atoms. The Morgan fingerprint density at radius 1 is 1.03 bits per heavy atom. The lowest BCUT2D eigenvalue weighted by Gasteiger charge is -2.25. The van der Waals surface area contributed by atoms with E-state index in [1.807, 2.05) is 29.2 Å². The molecule has 2 aliphatic rings. The summed E-state index contributed by atoms with van der Waals surface area (Å²) in [5, 5.41) is 0. The monoisotopic (exact) mass is 392 g/mol. The van der Waals surface area contributed by atoms with Gasteiger partial charge in [0, 0.05) is 19.5 Å². The molecule has 0 aromatic heterocycles. The molecule has 1 fully saturated rings. The van der Waals surface area contributed by atoms with E-state index in [-0.39, 0.29) is 30.3 Å². The SMILES string of the molecule is COc1ccc([C@@H]2CCCN2C(=O)CCCN2C(=O)c3ccccc3C2=O)cc1. The van der Waals surface area contributed by atoms with Gasteiger partial charge >= 0.3 is 0 Å². The van der Waals surface area contributed by atoms with Crippen LogP contribution in [0.4, 0.5) is 0 Å². The lowest BCUT2D eigenvalue weighted by Crippen LogP contribution is -2.33. The van der Waals surface area contributed by atoms with Crippen LogP contribution in [0.25, 0.3) is 0 Å². The number of nitrogens with zero attached hydrogens (tertiary/aromatic N) is 2. The molecule has 150 valence electrons. The van der Waals surface area contributed by atoms with Gasteiger partial charge in [-0.25, -0.2) is 0 Å². The minimum Gasteiger partial charge on any atom is -0.497 e. The number of hydrogen-bond acceptors (Lipinski definition) is 4. The second-order valence-corrected chi connectivity index (χ2v) is 7.43. The molecule has 6 nitrogen and oxygen atoms in total. The number of carbonyl (C=O) groups is 3.